The summed E-state index contributed by atoms with van der Waals surface area (Å²) < 4.78 is 11.7. The molecule has 0 bridgehead atoms. The van der Waals surface area contributed by atoms with Crippen LogP contribution in [0.1, 0.15) is 103 Å². The molecule has 0 radical (unpaired) electrons. The molecule has 9 N–H and O–H groups in total. The lowest BCUT2D eigenvalue weighted by Gasteiger charge is -2.35. The number of fused-ring (bicyclic) bond motifs is 1. The van der Waals surface area contributed by atoms with Crippen LogP contribution in [-0.2, 0) is 57.5 Å². The van der Waals surface area contributed by atoms with Gasteiger partial charge in [-0.25, -0.2) is 9.59 Å². The molecule has 1 heterocycles. The van der Waals surface area contributed by atoms with Crippen molar-refractivity contribution in [2.75, 3.05) is 13.1 Å². The van der Waals surface area contributed by atoms with E-state index in [4.69, 9.17) is 15.2 Å². The van der Waals surface area contributed by atoms with Crippen LogP contribution in [0.15, 0.2) is 121 Å². The van der Waals surface area contributed by atoms with Crippen molar-refractivity contribution in [3.63, 3.8) is 0 Å². The van der Waals surface area contributed by atoms with Crippen molar-refractivity contribution in [1.29, 1.82) is 0 Å². The fourth-order valence-electron chi connectivity index (χ4n) is 8.70. The molecule has 7 atom stereocenters. The lowest BCUT2D eigenvalue weighted by molar-refractivity contribution is -0.145. The third-order valence-corrected chi connectivity index (χ3v) is 12.4. The standard InChI is InChI=1S/C58H76N8O10/c1-37(41-26-16-11-17-27-41)66(36-49(67)62-48(55(72)73)33-40-24-14-10-15-25-40)54(71)47(32-39-22-12-9-13-23-39)64-53(70)50(38(2)75-57(3,4)5)65-52(69)46(30-20-21-31-60-56(74)76-58(6,7)8)63-51(68)44(59)34-42-35-61-45-29-19-18-28-43(42)45/h9-19,22-29,35,37-38,44,46-48,50,61H,20-21,30-34,36,59H2,1-8H3,(H,60,74)(H,62,67)(H,63,68)(H,64,70)(H,65,69)(H,72,73)/t37-,38+,44+,46-,47-,48-,50-/m0/s1. The van der Waals surface area contributed by atoms with Crippen LogP contribution in [0.4, 0.5) is 4.79 Å². The number of para-hydroxylation sites is 1. The molecule has 0 aliphatic carbocycles. The minimum atomic E-state index is -1.46. The predicted molar refractivity (Wildman–Crippen MR) is 291 cm³/mol. The summed E-state index contributed by atoms with van der Waals surface area (Å²) in [6.45, 7) is 13.6. The first-order valence-corrected chi connectivity index (χ1v) is 25.8. The highest BCUT2D eigenvalue weighted by molar-refractivity contribution is 5.96. The topological polar surface area (TPSA) is 263 Å². The van der Waals surface area contributed by atoms with Gasteiger partial charge in [0.15, 0.2) is 0 Å². The largest absolute Gasteiger partial charge is 0.480 e. The van der Waals surface area contributed by atoms with Gasteiger partial charge in [-0.05, 0) is 109 Å². The van der Waals surface area contributed by atoms with E-state index in [1.54, 1.807) is 147 Å². The maximum atomic E-state index is 15.2. The Morgan fingerprint density at radius 2 is 1.21 bits per heavy atom. The van der Waals surface area contributed by atoms with Crippen LogP contribution >= 0.6 is 0 Å². The first-order valence-electron chi connectivity index (χ1n) is 25.8. The molecule has 18 heteroatoms. The van der Waals surface area contributed by atoms with Gasteiger partial charge < -0.3 is 56.8 Å². The highest BCUT2D eigenvalue weighted by Crippen LogP contribution is 2.23. The molecule has 5 rings (SSSR count). The van der Waals surface area contributed by atoms with Crippen LogP contribution < -0.4 is 32.3 Å². The number of amides is 6. The normalized spacial score (nSPS) is 14.4. The van der Waals surface area contributed by atoms with Crippen molar-refractivity contribution >= 4 is 52.5 Å². The van der Waals surface area contributed by atoms with Gasteiger partial charge in [0.2, 0.25) is 29.5 Å². The number of benzene rings is 4. The van der Waals surface area contributed by atoms with Crippen LogP contribution in [0.25, 0.3) is 10.9 Å². The number of nitrogens with one attached hydrogen (secondary N) is 6. The predicted octanol–water partition coefficient (Wildman–Crippen LogP) is 6.04. The average Bonchev–Trinajstić information content (AvgIpc) is 3.77. The molecule has 0 unspecified atom stereocenters. The van der Waals surface area contributed by atoms with E-state index < -0.39 is 102 Å². The molecule has 5 aromatic rings. The Bertz CT molecular complexity index is 2710. The van der Waals surface area contributed by atoms with Crippen molar-refractivity contribution in [1.82, 2.24) is 36.5 Å². The second-order valence-corrected chi connectivity index (χ2v) is 21.0. The zero-order chi connectivity index (χ0) is 55.6. The second kappa shape index (κ2) is 27.8. The first-order chi connectivity index (χ1) is 36.0. The van der Waals surface area contributed by atoms with Gasteiger partial charge >= 0.3 is 12.1 Å². The molecule has 6 amide bonds. The van der Waals surface area contributed by atoms with E-state index in [1.807, 2.05) is 30.3 Å². The maximum absolute atomic E-state index is 15.2. The van der Waals surface area contributed by atoms with Gasteiger partial charge in [-0.1, -0.05) is 109 Å². The average molecular weight is 1050 g/mol. The Labute approximate surface area is 445 Å². The number of alkyl carbamates (subject to hydrolysis) is 1. The number of carbonyl (C=O) groups excluding carboxylic acids is 6. The molecular formula is C58H76N8O10. The third-order valence-electron chi connectivity index (χ3n) is 12.4. The van der Waals surface area contributed by atoms with E-state index in [2.05, 4.69) is 31.6 Å². The number of hydrogen-bond donors (Lipinski definition) is 8. The van der Waals surface area contributed by atoms with Crippen LogP contribution in [0, 0.1) is 0 Å². The molecule has 4 aromatic carbocycles. The van der Waals surface area contributed by atoms with Crippen molar-refractivity contribution in [3.8, 4) is 0 Å². The summed E-state index contributed by atoms with van der Waals surface area (Å²) in [5, 5.41) is 24.9. The van der Waals surface area contributed by atoms with E-state index in [0.29, 0.717) is 29.5 Å². The Hall–Kier alpha value is -7.57. The van der Waals surface area contributed by atoms with E-state index in [1.165, 1.54) is 4.90 Å². The van der Waals surface area contributed by atoms with Gasteiger partial charge in [0.25, 0.3) is 0 Å². The maximum Gasteiger partial charge on any atom is 0.407 e. The highest BCUT2D eigenvalue weighted by atomic mass is 16.6. The quantitative estimate of drug-likeness (QED) is 0.0296. The number of carboxylic acids is 1. The van der Waals surface area contributed by atoms with E-state index >= 15 is 9.59 Å². The summed E-state index contributed by atoms with van der Waals surface area (Å²) in [5.41, 5.74) is 8.68. The number of aromatic amines is 1. The van der Waals surface area contributed by atoms with Gasteiger partial charge in [-0.15, -0.1) is 0 Å². The number of aliphatic carboxylic acids is 1. The van der Waals surface area contributed by atoms with Gasteiger partial charge in [-0.2, -0.15) is 0 Å². The summed E-state index contributed by atoms with van der Waals surface area (Å²) in [7, 11) is 0. The Kier molecular flexibility index (Phi) is 21.7. The lowest BCUT2D eigenvalue weighted by atomic mass is 10.0. The summed E-state index contributed by atoms with van der Waals surface area (Å²) in [5.74, 6) is -4.81. The van der Waals surface area contributed by atoms with Crippen molar-refractivity contribution < 1.29 is 48.1 Å². The summed E-state index contributed by atoms with van der Waals surface area (Å²) in [4.78, 5) is 102. The Morgan fingerprint density at radius 3 is 1.80 bits per heavy atom. The number of H-pyrrole nitrogens is 1. The zero-order valence-corrected chi connectivity index (χ0v) is 44.9. The SMILES string of the molecule is C[C@@H](OC(C)(C)C)[C@H](NC(=O)[C@H](CCCCNC(=O)OC(C)(C)C)NC(=O)[C@H](N)Cc1c[nH]c2ccccc12)C(=O)N[C@@H](Cc1ccccc1)C(=O)N(CC(=O)N[C@@H](Cc1ccccc1)C(=O)O)[C@@H](C)c1ccccc1. The first kappa shape index (κ1) is 59.3. The van der Waals surface area contributed by atoms with E-state index in [0.717, 1.165) is 16.5 Å². The minimum Gasteiger partial charge on any atom is -0.480 e. The fourth-order valence-corrected chi connectivity index (χ4v) is 8.70. The monoisotopic (exact) mass is 1040 g/mol. The van der Waals surface area contributed by atoms with Crippen molar-refractivity contribution in [2.45, 2.75) is 147 Å². The zero-order valence-electron chi connectivity index (χ0n) is 44.9. The number of hydrogen-bond acceptors (Lipinski definition) is 10. The molecule has 0 aliphatic heterocycles. The fraction of sp³-hybridized carbons (Fsp3) is 0.431. The summed E-state index contributed by atoms with van der Waals surface area (Å²) in [6, 6.07) is 27.2. The number of rotatable bonds is 26. The van der Waals surface area contributed by atoms with Crippen LogP contribution in [0.3, 0.4) is 0 Å². The molecule has 1 aromatic heterocycles. The van der Waals surface area contributed by atoms with Gasteiger partial charge in [0, 0.05) is 36.5 Å². The number of ether oxygens (including phenoxy) is 2. The molecule has 0 saturated heterocycles. The molecule has 408 valence electrons. The molecule has 0 fully saturated rings. The summed E-state index contributed by atoms with van der Waals surface area (Å²) >= 11 is 0. The molecular weight excluding hydrogens is 969 g/mol. The molecule has 0 spiro atoms. The summed E-state index contributed by atoms with van der Waals surface area (Å²) in [6.07, 6.45) is 1.08. The van der Waals surface area contributed by atoms with Crippen LogP contribution in [0.5, 0.6) is 0 Å². The van der Waals surface area contributed by atoms with E-state index in [9.17, 15) is 29.1 Å². The van der Waals surface area contributed by atoms with Crippen LogP contribution in [0.2, 0.25) is 0 Å². The second-order valence-electron chi connectivity index (χ2n) is 21.0. The van der Waals surface area contributed by atoms with Crippen molar-refractivity contribution in [3.05, 3.63) is 144 Å². The number of nitrogens with zero attached hydrogens (tertiary/aromatic N) is 1. The number of aromatic nitrogens is 1. The highest BCUT2D eigenvalue weighted by Gasteiger charge is 2.38. The van der Waals surface area contributed by atoms with Gasteiger partial charge in [0.1, 0.15) is 36.3 Å². The Balaban J connectivity index is 1.44. The number of unbranched alkanes of at least 4 members (excludes halogenated alkanes) is 1. The molecule has 0 saturated carbocycles. The lowest BCUT2D eigenvalue weighted by Crippen LogP contribution is -2.62. The van der Waals surface area contributed by atoms with Gasteiger partial charge in [-0.3, -0.25) is 24.0 Å². The van der Waals surface area contributed by atoms with Crippen LogP contribution in [-0.4, -0.2) is 117 Å². The molecule has 76 heavy (non-hydrogen) atoms. The van der Waals surface area contributed by atoms with Crippen molar-refractivity contribution in [2.24, 2.45) is 5.73 Å². The number of nitrogens with two attached hydrogens (primary N) is 1. The minimum absolute atomic E-state index is 0.00756. The molecule has 0 aliphatic rings. The number of carboxylic acid groups (broad SMARTS) is 1. The van der Waals surface area contributed by atoms with E-state index in [-0.39, 0.29) is 32.2 Å². The smallest absolute Gasteiger partial charge is 0.407 e. The third kappa shape index (κ3) is 19.0. The molecule has 18 nitrogen and oxygen atoms in total. The number of carbonyl (C=O) groups is 7. The van der Waals surface area contributed by atoms with Gasteiger partial charge in [0.05, 0.1) is 23.8 Å². The Morgan fingerprint density at radius 1 is 0.645 bits per heavy atom.